The summed E-state index contributed by atoms with van der Waals surface area (Å²) in [6.07, 6.45) is 5.60. The van der Waals surface area contributed by atoms with Crippen LogP contribution in [0, 0.1) is 0 Å². The first-order valence-electron chi connectivity index (χ1n) is 15.3. The number of nitrogens with zero attached hydrogens (tertiary/aromatic N) is 4. The second-order valence-electron chi connectivity index (χ2n) is 13.4. The molecule has 1 unspecified atom stereocenters. The molecule has 0 aliphatic carbocycles. The van der Waals surface area contributed by atoms with Gasteiger partial charge in [-0.25, -0.2) is 0 Å². The molecule has 5 aliphatic heterocycles. The van der Waals surface area contributed by atoms with Gasteiger partial charge in [0.2, 0.25) is 5.69 Å². The third-order valence-corrected chi connectivity index (χ3v) is 11.3. The highest BCUT2D eigenvalue weighted by atomic mass is 15.4. The van der Waals surface area contributed by atoms with Gasteiger partial charge in [-0.05, 0) is 59.7 Å². The first-order valence-corrected chi connectivity index (χ1v) is 15.3. The molecule has 43 heavy (non-hydrogen) atoms. The summed E-state index contributed by atoms with van der Waals surface area (Å²) in [6, 6.07) is 36.9. The summed E-state index contributed by atoms with van der Waals surface area (Å²) in [5.74, 6) is 1.30. The number of pyridine rings is 2. The molecule has 200 valence electrons. The van der Waals surface area contributed by atoms with E-state index in [1.807, 2.05) is 0 Å². The van der Waals surface area contributed by atoms with Crippen molar-refractivity contribution in [3.05, 3.63) is 143 Å². The van der Waals surface area contributed by atoms with E-state index in [0.29, 0.717) is 0 Å². The van der Waals surface area contributed by atoms with Crippen LogP contribution in [0.2, 0.25) is 0 Å². The molecule has 0 N–H and O–H groups in total. The summed E-state index contributed by atoms with van der Waals surface area (Å²) in [7, 11) is 0. The predicted octanol–water partition coefficient (Wildman–Crippen LogP) is 7.28. The Kier molecular flexibility index (Phi) is 3.20. The number of benzene rings is 4. The molecular formula is C39H26N4+2. The van der Waals surface area contributed by atoms with E-state index in [-0.39, 0.29) is 5.41 Å². The van der Waals surface area contributed by atoms with E-state index < -0.39 is 5.66 Å². The predicted molar refractivity (Wildman–Crippen MR) is 168 cm³/mol. The largest absolute Gasteiger partial charge is 0.371 e. The van der Waals surface area contributed by atoms with Gasteiger partial charge in [0.25, 0.3) is 5.82 Å². The van der Waals surface area contributed by atoms with Crippen LogP contribution < -0.4 is 14.0 Å². The van der Waals surface area contributed by atoms with Crippen molar-refractivity contribution >= 4 is 38.9 Å². The molecule has 0 saturated carbocycles. The monoisotopic (exact) mass is 550 g/mol. The first kappa shape index (κ1) is 21.5. The Morgan fingerprint density at radius 3 is 2.42 bits per heavy atom. The van der Waals surface area contributed by atoms with Gasteiger partial charge in [-0.2, -0.15) is 9.13 Å². The molecule has 4 aromatic carbocycles. The Balaban J connectivity index is 1.45. The maximum Gasteiger partial charge on any atom is 0.371 e. The lowest BCUT2D eigenvalue weighted by atomic mass is 9.74. The molecule has 3 aromatic heterocycles. The van der Waals surface area contributed by atoms with E-state index in [1.165, 1.54) is 89.3 Å². The zero-order chi connectivity index (χ0) is 28.0. The fourth-order valence-corrected chi connectivity index (χ4v) is 9.76. The van der Waals surface area contributed by atoms with E-state index in [9.17, 15) is 0 Å². The van der Waals surface area contributed by atoms with Gasteiger partial charge < -0.3 is 4.90 Å². The van der Waals surface area contributed by atoms with Gasteiger partial charge in [0.05, 0.1) is 28.7 Å². The number of anilines is 3. The quantitative estimate of drug-likeness (QED) is 0.181. The van der Waals surface area contributed by atoms with Gasteiger partial charge in [-0.15, -0.1) is 4.57 Å². The molecule has 5 aliphatic rings. The van der Waals surface area contributed by atoms with Crippen molar-refractivity contribution in [3.63, 3.8) is 0 Å². The van der Waals surface area contributed by atoms with Crippen LogP contribution in [0.1, 0.15) is 47.2 Å². The lowest BCUT2D eigenvalue weighted by Crippen LogP contribution is -2.76. The van der Waals surface area contributed by atoms with Crippen LogP contribution >= 0.6 is 0 Å². The molecule has 1 atom stereocenters. The molecule has 4 heteroatoms. The SMILES string of the molecule is CC1(C)c2ccc[n+]3c2-n2c4c1cccc4c1cc4c5c(c12)C31c2c(cccc2N5c2ccccc2C4)-c2cccc[n+]21. The van der Waals surface area contributed by atoms with Crippen LogP contribution in [-0.2, 0) is 17.5 Å². The molecule has 8 heterocycles. The van der Waals surface area contributed by atoms with E-state index in [4.69, 9.17) is 0 Å². The van der Waals surface area contributed by atoms with Gasteiger partial charge in [0.1, 0.15) is 16.6 Å². The number of hydrogen-bond donors (Lipinski definition) is 0. The summed E-state index contributed by atoms with van der Waals surface area (Å²) in [4.78, 5) is 2.60. The lowest BCUT2D eigenvalue weighted by Gasteiger charge is -2.44. The maximum atomic E-state index is 2.64. The Labute approximate surface area is 248 Å². The van der Waals surface area contributed by atoms with E-state index in [1.54, 1.807) is 0 Å². The molecule has 4 nitrogen and oxygen atoms in total. The summed E-state index contributed by atoms with van der Waals surface area (Å²) in [6.45, 7) is 4.82. The fourth-order valence-electron chi connectivity index (χ4n) is 9.76. The van der Waals surface area contributed by atoms with Crippen molar-refractivity contribution in [2.75, 3.05) is 4.90 Å². The van der Waals surface area contributed by atoms with Crippen molar-refractivity contribution in [2.45, 2.75) is 31.3 Å². The second-order valence-corrected chi connectivity index (χ2v) is 13.4. The third-order valence-electron chi connectivity index (χ3n) is 11.3. The molecule has 0 fully saturated rings. The molecule has 12 rings (SSSR count). The topological polar surface area (TPSA) is 15.9 Å². The van der Waals surface area contributed by atoms with Crippen molar-refractivity contribution in [3.8, 4) is 17.1 Å². The molecule has 7 aromatic rings. The standard InChI is InChI=1S/C39H26N4/c1-38(2)27-13-7-11-24-26-21-23-20-22-10-3-4-15-29(22)42-31-17-8-12-25-30-16-5-6-18-40(30)39(32(25)31)33(34(23)42)36(26)43(35(24)27)37-28(38)14-9-19-41(37)39/h3-19,21H,20H2,1-2H3/q+2. The number of hydrogen-bond acceptors (Lipinski definition) is 1. The molecule has 0 radical (unpaired) electrons. The van der Waals surface area contributed by atoms with E-state index in [0.717, 1.165) is 6.42 Å². The summed E-state index contributed by atoms with van der Waals surface area (Å²) >= 11 is 0. The zero-order valence-corrected chi connectivity index (χ0v) is 23.9. The number of aromatic nitrogens is 3. The van der Waals surface area contributed by atoms with Gasteiger partial charge in [0, 0.05) is 46.0 Å². The number of para-hydroxylation sites is 2. The third kappa shape index (κ3) is 1.96. The first-order chi connectivity index (χ1) is 21.1. The zero-order valence-electron chi connectivity index (χ0n) is 23.9. The molecule has 0 amide bonds. The van der Waals surface area contributed by atoms with Crippen LogP contribution in [0.25, 0.3) is 38.9 Å². The number of rotatable bonds is 0. The summed E-state index contributed by atoms with van der Waals surface area (Å²) in [5.41, 5.74) is 16.9. The smallest absolute Gasteiger partial charge is 0.308 e. The normalized spacial score (nSPS) is 19.5. The van der Waals surface area contributed by atoms with E-state index in [2.05, 4.69) is 142 Å². The van der Waals surface area contributed by atoms with Crippen molar-refractivity contribution < 1.29 is 9.13 Å². The lowest BCUT2D eigenvalue weighted by molar-refractivity contribution is -0.961. The van der Waals surface area contributed by atoms with E-state index >= 15 is 0 Å². The van der Waals surface area contributed by atoms with Gasteiger partial charge in [-0.3, -0.25) is 0 Å². The van der Waals surface area contributed by atoms with Crippen LogP contribution in [0.4, 0.5) is 17.1 Å². The van der Waals surface area contributed by atoms with Crippen LogP contribution in [0.15, 0.2) is 109 Å². The average Bonchev–Trinajstić information content (AvgIpc) is 3.53. The fraction of sp³-hybridized carbons (Fsp3) is 0.128. The summed E-state index contributed by atoms with van der Waals surface area (Å²) < 4.78 is 7.85. The van der Waals surface area contributed by atoms with Gasteiger partial charge in [0.15, 0.2) is 11.7 Å². The second kappa shape index (κ2) is 6.40. The highest BCUT2D eigenvalue weighted by molar-refractivity contribution is 6.16. The van der Waals surface area contributed by atoms with Crippen molar-refractivity contribution in [2.24, 2.45) is 0 Å². The maximum absolute atomic E-state index is 2.64. The van der Waals surface area contributed by atoms with Crippen molar-refractivity contribution in [1.29, 1.82) is 0 Å². The van der Waals surface area contributed by atoms with Crippen LogP contribution in [0.5, 0.6) is 0 Å². The number of fused-ring (bicyclic) bond motifs is 6. The Morgan fingerprint density at radius 2 is 1.47 bits per heavy atom. The highest BCUT2D eigenvalue weighted by Crippen LogP contribution is 2.62. The molecule has 0 saturated heterocycles. The minimum Gasteiger partial charge on any atom is -0.308 e. The molecular weight excluding hydrogens is 524 g/mol. The molecule has 0 bridgehead atoms. The van der Waals surface area contributed by atoms with Gasteiger partial charge >= 0.3 is 5.66 Å². The Hall–Kier alpha value is -5.22. The average molecular weight is 551 g/mol. The Morgan fingerprint density at radius 1 is 0.651 bits per heavy atom. The van der Waals surface area contributed by atoms with Gasteiger partial charge in [-0.1, -0.05) is 50.2 Å². The van der Waals surface area contributed by atoms with Crippen molar-refractivity contribution in [1.82, 2.24) is 4.57 Å². The Bertz CT molecular complexity index is 2530. The van der Waals surface area contributed by atoms with Crippen LogP contribution in [0.3, 0.4) is 0 Å². The summed E-state index contributed by atoms with van der Waals surface area (Å²) in [5, 5.41) is 2.73. The minimum atomic E-state index is -0.543. The minimum absolute atomic E-state index is 0.141. The highest BCUT2D eigenvalue weighted by Gasteiger charge is 2.69. The van der Waals surface area contributed by atoms with Crippen LogP contribution in [-0.4, -0.2) is 4.57 Å². The molecule has 1 spiro atoms.